The van der Waals surface area contributed by atoms with Gasteiger partial charge in [-0.25, -0.2) is 4.98 Å². The zero-order valence-electron chi connectivity index (χ0n) is 9.76. The molecule has 0 aromatic carbocycles. The number of anilines is 1. The van der Waals surface area contributed by atoms with Gasteiger partial charge < -0.3 is 10.4 Å². The molecule has 0 aliphatic rings. The Hall–Kier alpha value is -1.01. The van der Waals surface area contributed by atoms with Gasteiger partial charge in [0.15, 0.2) is 0 Å². The highest BCUT2D eigenvalue weighted by molar-refractivity contribution is 6.29. The molecule has 0 fully saturated rings. The van der Waals surface area contributed by atoms with Crippen LogP contribution in [0.1, 0.15) is 25.3 Å². The number of nitrogens with one attached hydrogen (secondary N) is 1. The molecule has 0 saturated heterocycles. The molecule has 0 amide bonds. The van der Waals surface area contributed by atoms with Crippen LogP contribution < -0.4 is 5.32 Å². The van der Waals surface area contributed by atoms with Crippen LogP contribution in [0.5, 0.6) is 0 Å². The van der Waals surface area contributed by atoms with E-state index in [1.54, 1.807) is 0 Å². The number of aromatic nitrogens is 1. The van der Waals surface area contributed by atoms with E-state index >= 15 is 0 Å². The molecule has 1 rings (SSSR count). The third-order valence-corrected chi connectivity index (χ3v) is 2.46. The summed E-state index contributed by atoms with van der Waals surface area (Å²) in [5, 5.41) is 11.9. The summed E-state index contributed by atoms with van der Waals surface area (Å²) in [5.41, 5.74) is -0.866. The fourth-order valence-corrected chi connectivity index (χ4v) is 1.62. The molecule has 2 N–H and O–H groups in total. The first kappa shape index (κ1) is 15.0. The summed E-state index contributed by atoms with van der Waals surface area (Å²) in [7, 11) is 0. The molecule has 0 bridgehead atoms. The predicted octanol–water partition coefficient (Wildman–Crippen LogP) is 3.33. The Balaban J connectivity index is 2.75. The maximum absolute atomic E-state index is 12.5. The van der Waals surface area contributed by atoms with Crippen molar-refractivity contribution in [1.82, 2.24) is 4.98 Å². The summed E-state index contributed by atoms with van der Waals surface area (Å²) >= 11 is 5.52. The Labute approximate surface area is 108 Å². The summed E-state index contributed by atoms with van der Waals surface area (Å²) < 4.78 is 37.5. The van der Waals surface area contributed by atoms with E-state index in [0.717, 1.165) is 18.6 Å². The van der Waals surface area contributed by atoms with E-state index < -0.39 is 17.8 Å². The summed E-state index contributed by atoms with van der Waals surface area (Å²) in [4.78, 5) is 3.72. The Morgan fingerprint density at radius 3 is 2.67 bits per heavy atom. The van der Waals surface area contributed by atoms with E-state index in [9.17, 15) is 18.3 Å². The first-order chi connectivity index (χ1) is 8.32. The third kappa shape index (κ3) is 4.70. The Kier molecular flexibility index (Phi) is 5.22. The van der Waals surface area contributed by atoms with Crippen LogP contribution in [0.2, 0.25) is 5.15 Å². The number of hydrogen-bond donors (Lipinski definition) is 2. The maximum Gasteiger partial charge on any atom is 0.416 e. The number of aliphatic hydroxyl groups excluding tert-OH is 1. The highest BCUT2D eigenvalue weighted by Gasteiger charge is 2.31. The number of alkyl halides is 3. The average Bonchev–Trinajstić information content (AvgIpc) is 2.25. The van der Waals surface area contributed by atoms with Crippen LogP contribution >= 0.6 is 11.6 Å². The van der Waals surface area contributed by atoms with Crippen molar-refractivity contribution in [3.63, 3.8) is 0 Å². The lowest BCUT2D eigenvalue weighted by Crippen LogP contribution is -2.20. The van der Waals surface area contributed by atoms with Crippen LogP contribution in [0.25, 0.3) is 0 Å². The van der Waals surface area contributed by atoms with E-state index in [1.165, 1.54) is 0 Å². The molecule has 18 heavy (non-hydrogen) atoms. The van der Waals surface area contributed by atoms with Gasteiger partial charge in [-0.05, 0) is 18.6 Å². The molecule has 1 atom stereocenters. The Bertz CT molecular complexity index is 398. The highest BCUT2D eigenvalue weighted by Crippen LogP contribution is 2.31. The lowest BCUT2D eigenvalue weighted by atomic mass is 10.2. The minimum absolute atomic E-state index is 0.00461. The smallest absolute Gasteiger partial charge is 0.391 e. The molecule has 0 aliphatic carbocycles. The quantitative estimate of drug-likeness (QED) is 0.814. The molecule has 3 nitrogen and oxygen atoms in total. The van der Waals surface area contributed by atoms with Gasteiger partial charge >= 0.3 is 6.18 Å². The minimum atomic E-state index is -4.47. The van der Waals surface area contributed by atoms with Gasteiger partial charge in [0.1, 0.15) is 11.0 Å². The number of hydrogen-bond acceptors (Lipinski definition) is 3. The number of rotatable bonds is 5. The normalized spacial score (nSPS) is 13.4. The van der Waals surface area contributed by atoms with E-state index in [2.05, 4.69) is 10.3 Å². The van der Waals surface area contributed by atoms with Gasteiger partial charge in [0.2, 0.25) is 0 Å². The van der Waals surface area contributed by atoms with Gasteiger partial charge in [0.25, 0.3) is 0 Å². The summed E-state index contributed by atoms with van der Waals surface area (Å²) in [5.74, 6) is 0.00461. The molecule has 1 heterocycles. The van der Waals surface area contributed by atoms with Crippen molar-refractivity contribution in [2.75, 3.05) is 11.9 Å². The fraction of sp³-hybridized carbons (Fsp3) is 0.545. The largest absolute Gasteiger partial charge is 0.416 e. The van der Waals surface area contributed by atoms with Gasteiger partial charge in [0, 0.05) is 6.54 Å². The van der Waals surface area contributed by atoms with Crippen molar-refractivity contribution in [1.29, 1.82) is 0 Å². The monoisotopic (exact) mass is 282 g/mol. The van der Waals surface area contributed by atoms with Gasteiger partial charge in [-0.15, -0.1) is 0 Å². The summed E-state index contributed by atoms with van der Waals surface area (Å²) in [6.07, 6.45) is -3.73. The molecule has 1 aromatic heterocycles. The van der Waals surface area contributed by atoms with Crippen molar-refractivity contribution in [3.05, 3.63) is 22.8 Å². The lowest BCUT2D eigenvalue weighted by Gasteiger charge is -2.13. The van der Waals surface area contributed by atoms with Gasteiger partial charge in [-0.1, -0.05) is 24.9 Å². The van der Waals surface area contributed by atoms with E-state index in [0.29, 0.717) is 6.42 Å². The molecule has 0 spiro atoms. The second-order valence-electron chi connectivity index (χ2n) is 3.88. The van der Waals surface area contributed by atoms with Crippen molar-refractivity contribution in [3.8, 4) is 0 Å². The standard InChI is InChI=1S/C11H14ClF3N2O/c1-2-3-8(18)6-16-10-5-7(11(13,14)15)4-9(12)17-10/h4-5,8,18H,2-3,6H2,1H3,(H,16,17). The van der Waals surface area contributed by atoms with Crippen LogP contribution in [0.3, 0.4) is 0 Å². The minimum Gasteiger partial charge on any atom is -0.391 e. The molecule has 1 aromatic rings. The van der Waals surface area contributed by atoms with Gasteiger partial charge in [-0.2, -0.15) is 13.2 Å². The molecule has 0 radical (unpaired) electrons. The number of pyridine rings is 1. The van der Waals surface area contributed by atoms with Crippen molar-refractivity contribution < 1.29 is 18.3 Å². The van der Waals surface area contributed by atoms with Crippen molar-refractivity contribution >= 4 is 17.4 Å². The van der Waals surface area contributed by atoms with Gasteiger partial charge in [0.05, 0.1) is 11.7 Å². The SMILES string of the molecule is CCCC(O)CNc1cc(C(F)(F)F)cc(Cl)n1. The Morgan fingerprint density at radius 1 is 1.44 bits per heavy atom. The van der Waals surface area contributed by atoms with Crippen molar-refractivity contribution in [2.24, 2.45) is 0 Å². The van der Waals surface area contributed by atoms with Crippen molar-refractivity contribution in [2.45, 2.75) is 32.0 Å². The van der Waals surface area contributed by atoms with Crippen LogP contribution in [0.15, 0.2) is 12.1 Å². The molecular formula is C11H14ClF3N2O. The zero-order valence-corrected chi connectivity index (χ0v) is 10.5. The number of aliphatic hydroxyl groups is 1. The number of halogens is 4. The van der Waals surface area contributed by atoms with E-state index in [-0.39, 0.29) is 17.5 Å². The molecule has 1 unspecified atom stereocenters. The summed E-state index contributed by atoms with van der Waals surface area (Å²) in [6, 6.07) is 1.62. The second-order valence-corrected chi connectivity index (χ2v) is 4.27. The van der Waals surface area contributed by atoms with Crippen LogP contribution in [-0.2, 0) is 6.18 Å². The first-order valence-electron chi connectivity index (χ1n) is 5.49. The zero-order chi connectivity index (χ0) is 13.8. The van der Waals surface area contributed by atoms with E-state index in [4.69, 9.17) is 11.6 Å². The molecular weight excluding hydrogens is 269 g/mol. The lowest BCUT2D eigenvalue weighted by molar-refractivity contribution is -0.137. The van der Waals surface area contributed by atoms with Crippen LogP contribution in [0.4, 0.5) is 19.0 Å². The highest BCUT2D eigenvalue weighted by atomic mass is 35.5. The molecule has 102 valence electrons. The number of nitrogens with zero attached hydrogens (tertiary/aromatic N) is 1. The Morgan fingerprint density at radius 2 is 2.11 bits per heavy atom. The van der Waals surface area contributed by atoms with Gasteiger partial charge in [-0.3, -0.25) is 0 Å². The molecule has 0 aliphatic heterocycles. The molecule has 7 heteroatoms. The van der Waals surface area contributed by atoms with Crippen LogP contribution in [-0.4, -0.2) is 22.7 Å². The molecule has 0 saturated carbocycles. The summed E-state index contributed by atoms with van der Waals surface area (Å²) in [6.45, 7) is 2.04. The maximum atomic E-state index is 12.5. The first-order valence-corrected chi connectivity index (χ1v) is 5.87. The average molecular weight is 283 g/mol. The predicted molar refractivity (Wildman–Crippen MR) is 63.7 cm³/mol. The van der Waals surface area contributed by atoms with E-state index in [1.807, 2.05) is 6.92 Å². The fourth-order valence-electron chi connectivity index (χ4n) is 1.41. The van der Waals surface area contributed by atoms with Crippen LogP contribution in [0, 0.1) is 0 Å². The third-order valence-electron chi connectivity index (χ3n) is 2.26. The second kappa shape index (κ2) is 6.24. The topological polar surface area (TPSA) is 45.1 Å².